The molecule has 0 aliphatic heterocycles. The van der Waals surface area contributed by atoms with Crippen molar-refractivity contribution >= 4 is 20.4 Å². The van der Waals surface area contributed by atoms with Crippen molar-refractivity contribution in [2.24, 2.45) is 0 Å². The summed E-state index contributed by atoms with van der Waals surface area (Å²) in [6.45, 7) is 8.44. The van der Waals surface area contributed by atoms with Crippen LogP contribution in [0.1, 0.15) is 27.7 Å². The summed E-state index contributed by atoms with van der Waals surface area (Å²) in [5.74, 6) is 1.12. The first-order valence-electron chi connectivity index (χ1n) is 11.8. The Morgan fingerprint density at radius 1 is 0.694 bits per heavy atom. The highest BCUT2D eigenvalue weighted by Crippen LogP contribution is 2.68. The summed E-state index contributed by atoms with van der Waals surface area (Å²) in [4.78, 5) is 2.17. The Hall–Kier alpha value is -2.56. The molecular formula is C27H35O7S2+. The number of hydrogen-bond donors (Lipinski definition) is 0. The third kappa shape index (κ3) is 7.24. The Bertz CT molecular complexity index is 1160. The Balaban J connectivity index is 2.23. The van der Waals surface area contributed by atoms with E-state index in [0.717, 1.165) is 11.2 Å². The molecule has 196 valence electrons. The van der Waals surface area contributed by atoms with Gasteiger partial charge in [0, 0.05) is 13.2 Å². The zero-order valence-corrected chi connectivity index (χ0v) is 22.9. The standard InChI is InChI=1S/C27H34O7S2/c1-6-30-21(3)32-23-13-11-17-26(19-23)36(34-35(5,28)29,25-15-9-8-10-16-25)27-18-12-14-24(20-27)33-22(4)31-7-2/h8-22H,6-7H2,1-5H3/p+1. The number of rotatable bonds is 13. The first-order chi connectivity index (χ1) is 17.2. The van der Waals surface area contributed by atoms with Gasteiger partial charge in [-0.1, -0.05) is 30.3 Å². The lowest BCUT2D eigenvalue weighted by Gasteiger charge is -2.35. The summed E-state index contributed by atoms with van der Waals surface area (Å²) in [6, 6.07) is 24.2. The maximum atomic E-state index is 12.8. The molecule has 0 saturated heterocycles. The highest BCUT2D eigenvalue weighted by atomic mass is 32.3. The first-order valence-corrected chi connectivity index (χ1v) is 15.2. The molecule has 0 saturated carbocycles. The van der Waals surface area contributed by atoms with Crippen LogP contribution in [0, 0.1) is 0 Å². The first kappa shape index (κ1) is 28.0. The fraction of sp³-hybridized carbons (Fsp3) is 0.333. The molecule has 0 fully saturated rings. The second kappa shape index (κ2) is 12.6. The SMILES string of the molecule is CCOC(C)Oc1cccc(S([OH+]S(C)(=O)=O)(c2ccccc2)c2cccc(OC(C)OCC)c2)c1. The fourth-order valence-corrected chi connectivity index (χ4v) is 8.89. The highest BCUT2D eigenvalue weighted by molar-refractivity contribution is 8.32. The van der Waals surface area contributed by atoms with Gasteiger partial charge in [0.15, 0.2) is 12.6 Å². The van der Waals surface area contributed by atoms with E-state index in [0.29, 0.717) is 34.5 Å². The average molecular weight is 536 g/mol. The number of hydrogen-bond acceptors (Lipinski definition) is 6. The molecule has 36 heavy (non-hydrogen) atoms. The summed E-state index contributed by atoms with van der Waals surface area (Å²) in [6.07, 6.45) is 0.192. The van der Waals surface area contributed by atoms with Crippen molar-refractivity contribution in [3.05, 3.63) is 78.9 Å². The summed E-state index contributed by atoms with van der Waals surface area (Å²) >= 11 is 0. The van der Waals surface area contributed by atoms with Crippen LogP contribution in [0.2, 0.25) is 0 Å². The van der Waals surface area contributed by atoms with Crippen molar-refractivity contribution in [2.75, 3.05) is 19.5 Å². The van der Waals surface area contributed by atoms with Crippen LogP contribution in [0.25, 0.3) is 0 Å². The largest absolute Gasteiger partial charge is 0.465 e. The average Bonchev–Trinajstić information content (AvgIpc) is 2.83. The zero-order valence-electron chi connectivity index (χ0n) is 21.3. The van der Waals surface area contributed by atoms with Gasteiger partial charge in [-0.3, -0.25) is 3.63 Å². The molecular weight excluding hydrogens is 500 g/mol. The van der Waals surface area contributed by atoms with Crippen LogP contribution in [0.15, 0.2) is 93.5 Å². The zero-order chi connectivity index (χ0) is 26.2. The number of ether oxygens (including phenoxy) is 4. The maximum Gasteiger partial charge on any atom is 0.387 e. The third-order valence-electron chi connectivity index (χ3n) is 5.03. The van der Waals surface area contributed by atoms with Gasteiger partial charge < -0.3 is 18.9 Å². The molecule has 0 aliphatic carbocycles. The van der Waals surface area contributed by atoms with E-state index in [2.05, 4.69) is 3.63 Å². The quantitative estimate of drug-likeness (QED) is 0.142. The maximum absolute atomic E-state index is 12.8. The van der Waals surface area contributed by atoms with E-state index in [4.69, 9.17) is 18.9 Å². The van der Waals surface area contributed by atoms with E-state index in [1.54, 1.807) is 0 Å². The summed E-state index contributed by atoms with van der Waals surface area (Å²) in [5, 5.41) is 0. The Morgan fingerprint density at radius 3 is 1.56 bits per heavy atom. The minimum Gasteiger partial charge on any atom is -0.465 e. The van der Waals surface area contributed by atoms with E-state index in [1.807, 2.05) is 107 Å². The molecule has 0 aromatic heterocycles. The van der Waals surface area contributed by atoms with E-state index < -0.39 is 33.0 Å². The molecule has 9 heteroatoms. The fourth-order valence-electron chi connectivity index (χ4n) is 3.74. The molecule has 3 aromatic carbocycles. The minimum atomic E-state index is -3.78. The van der Waals surface area contributed by atoms with Crippen molar-refractivity contribution in [3.63, 3.8) is 0 Å². The number of benzene rings is 3. The summed E-state index contributed by atoms with van der Waals surface area (Å²) in [5.41, 5.74) is 0. The van der Waals surface area contributed by atoms with Crippen molar-refractivity contribution in [3.8, 4) is 11.5 Å². The predicted molar refractivity (Wildman–Crippen MR) is 143 cm³/mol. The Kier molecular flexibility index (Phi) is 9.81. The van der Waals surface area contributed by atoms with Crippen molar-refractivity contribution in [1.82, 2.24) is 0 Å². The van der Waals surface area contributed by atoms with Crippen LogP contribution in [0.4, 0.5) is 0 Å². The van der Waals surface area contributed by atoms with E-state index in [-0.39, 0.29) is 0 Å². The summed E-state index contributed by atoms with van der Waals surface area (Å²) < 4.78 is 53.1. The van der Waals surface area contributed by atoms with Crippen molar-refractivity contribution in [1.29, 1.82) is 0 Å². The van der Waals surface area contributed by atoms with Gasteiger partial charge in [-0.25, -0.2) is 0 Å². The molecule has 0 radical (unpaired) electrons. The third-order valence-corrected chi connectivity index (χ3v) is 9.84. The van der Waals surface area contributed by atoms with Crippen LogP contribution in [0.5, 0.6) is 11.5 Å². The van der Waals surface area contributed by atoms with Gasteiger partial charge in [0.05, 0.1) is 25.0 Å². The van der Waals surface area contributed by atoms with E-state index in [9.17, 15) is 8.42 Å². The van der Waals surface area contributed by atoms with Crippen LogP contribution >= 0.6 is 10.3 Å². The highest BCUT2D eigenvalue weighted by Gasteiger charge is 2.42. The molecule has 7 nitrogen and oxygen atoms in total. The van der Waals surface area contributed by atoms with Gasteiger partial charge >= 0.3 is 10.1 Å². The minimum absolute atomic E-state index is 0.463. The second-order valence-electron chi connectivity index (χ2n) is 7.93. The van der Waals surface area contributed by atoms with Gasteiger partial charge in [-0.05, 0) is 76.2 Å². The van der Waals surface area contributed by atoms with Gasteiger partial charge in [0.25, 0.3) is 0 Å². The molecule has 0 bridgehead atoms. The Labute approximate surface area is 216 Å². The van der Waals surface area contributed by atoms with E-state index in [1.165, 1.54) is 0 Å². The lowest BCUT2D eigenvalue weighted by atomic mass is 10.3. The van der Waals surface area contributed by atoms with Gasteiger partial charge in [-0.2, -0.15) is 8.42 Å². The second-order valence-corrected chi connectivity index (χ2v) is 12.6. The molecule has 2 atom stereocenters. The molecule has 3 aromatic rings. The molecule has 1 N–H and O–H groups in total. The van der Waals surface area contributed by atoms with E-state index >= 15 is 0 Å². The van der Waals surface area contributed by atoms with Crippen molar-refractivity contribution < 1.29 is 31.0 Å². The van der Waals surface area contributed by atoms with Gasteiger partial charge in [0.2, 0.25) is 0 Å². The van der Waals surface area contributed by atoms with Crippen molar-refractivity contribution in [2.45, 2.75) is 55.0 Å². The normalized spacial score (nSPS) is 15.9. The smallest absolute Gasteiger partial charge is 0.387 e. The van der Waals surface area contributed by atoms with Gasteiger partial charge in [0.1, 0.15) is 17.8 Å². The van der Waals surface area contributed by atoms with Crippen LogP contribution in [-0.4, -0.2) is 44.1 Å². The molecule has 0 amide bonds. The Morgan fingerprint density at radius 2 is 1.14 bits per heavy atom. The molecule has 0 spiro atoms. The predicted octanol–water partition coefficient (Wildman–Crippen LogP) is 6.46. The molecule has 0 aliphatic rings. The molecule has 0 heterocycles. The lowest BCUT2D eigenvalue weighted by Crippen LogP contribution is -2.19. The lowest BCUT2D eigenvalue weighted by molar-refractivity contribution is -0.0617. The topological polar surface area (TPSA) is 83.9 Å². The van der Waals surface area contributed by atoms with Gasteiger partial charge in [-0.15, -0.1) is 0 Å². The molecule has 3 rings (SSSR count). The van der Waals surface area contributed by atoms with Crippen LogP contribution in [-0.2, 0) is 19.6 Å². The monoisotopic (exact) mass is 535 g/mol. The summed E-state index contributed by atoms with van der Waals surface area (Å²) in [7, 11) is -6.42. The molecule has 2 unspecified atom stereocenters. The van der Waals surface area contributed by atoms with Crippen LogP contribution < -0.4 is 9.47 Å². The van der Waals surface area contributed by atoms with Crippen LogP contribution in [0.3, 0.4) is 0 Å².